The number of rotatable bonds is 5. The van der Waals surface area contributed by atoms with Crippen LogP contribution in [-0.4, -0.2) is 79.4 Å². The van der Waals surface area contributed by atoms with E-state index in [0.29, 0.717) is 0 Å². The summed E-state index contributed by atoms with van der Waals surface area (Å²) in [6.45, 7) is -0.606. The average molecular weight is 359 g/mol. The van der Waals surface area contributed by atoms with E-state index in [1.807, 2.05) is 0 Å². The van der Waals surface area contributed by atoms with Crippen molar-refractivity contribution in [3.05, 3.63) is 6.42 Å². The number of nitrogens with zero attached hydrogens (tertiary/aromatic N) is 3. The smallest absolute Gasteiger partial charge is 0.327 e. The Morgan fingerprint density at radius 2 is 1.95 bits per heavy atom. The minimum atomic E-state index is -0.667. The van der Waals surface area contributed by atoms with Crippen molar-refractivity contribution in [2.75, 3.05) is 40.8 Å². The van der Waals surface area contributed by atoms with E-state index in [-0.39, 0.29) is 64.2 Å². The van der Waals surface area contributed by atoms with Crippen molar-refractivity contribution >= 4 is 23.8 Å². The van der Waals surface area contributed by atoms with E-state index in [0.717, 1.165) is 9.80 Å². The largest absolute Gasteiger partial charge is 0.494 e. The first kappa shape index (κ1) is 18.9. The van der Waals surface area contributed by atoms with Crippen LogP contribution < -0.4 is 0 Å². The van der Waals surface area contributed by atoms with Crippen LogP contribution in [0.3, 0.4) is 0 Å². The van der Waals surface area contributed by atoms with Gasteiger partial charge in [0.25, 0.3) is 0 Å². The Labute approximate surface area is 142 Å². The van der Waals surface area contributed by atoms with Crippen molar-refractivity contribution in [1.82, 2.24) is 14.7 Å². The molecule has 1 fully saturated rings. The van der Waals surface area contributed by atoms with Crippen LogP contribution in [0.4, 0.5) is 4.79 Å². The number of likely N-dealkylation sites (N-methyl/N-ethyl adjacent to an activating group) is 1. The SMILES string of the molecule is CN(C)C(=O)[CH-]COC(=O)CN1CC(=O)N(C)C1=O.[Y]. The Bertz CT molecular complexity index is 413. The number of urea groups is 1. The summed E-state index contributed by atoms with van der Waals surface area (Å²) in [4.78, 5) is 48.6. The van der Waals surface area contributed by atoms with Crippen LogP contribution in [-0.2, 0) is 51.8 Å². The maximum absolute atomic E-state index is 11.5. The minimum Gasteiger partial charge on any atom is -0.494 e. The molecule has 0 N–H and O–H groups in total. The van der Waals surface area contributed by atoms with Crippen molar-refractivity contribution in [3.63, 3.8) is 0 Å². The Hall–Kier alpha value is -1.15. The fourth-order valence-electron chi connectivity index (χ4n) is 1.37. The molecule has 9 heteroatoms. The number of esters is 1. The number of hydrogen-bond donors (Lipinski definition) is 0. The molecule has 1 heterocycles. The first-order valence-electron chi connectivity index (χ1n) is 5.58. The number of hydrogen-bond acceptors (Lipinski definition) is 5. The number of amides is 4. The molecule has 1 radical (unpaired) electrons. The minimum absolute atomic E-state index is 0. The van der Waals surface area contributed by atoms with Crippen LogP contribution in [0.1, 0.15) is 0 Å². The summed E-state index contributed by atoms with van der Waals surface area (Å²) in [5.74, 6) is -1.31. The molecule has 0 unspecified atom stereocenters. The standard InChI is InChI=1S/C11H16N3O5.Y/c1-12(2)8(15)4-5-19-10(17)7-14-6-9(16)13(3)11(14)18;/h4H,5-7H2,1-3H3;/q-1;. The van der Waals surface area contributed by atoms with Gasteiger partial charge in [0, 0.05) is 53.9 Å². The summed E-state index contributed by atoms with van der Waals surface area (Å²) in [5.41, 5.74) is 0. The molecule has 0 aromatic heterocycles. The van der Waals surface area contributed by atoms with Gasteiger partial charge < -0.3 is 19.3 Å². The molecular formula is C11H16N3O5Y-. The van der Waals surface area contributed by atoms with Crippen molar-refractivity contribution in [3.8, 4) is 0 Å². The maximum atomic E-state index is 11.5. The Morgan fingerprint density at radius 3 is 2.40 bits per heavy atom. The summed E-state index contributed by atoms with van der Waals surface area (Å²) in [7, 11) is 4.50. The summed E-state index contributed by atoms with van der Waals surface area (Å²) >= 11 is 0. The number of carbonyl (C=O) groups is 4. The van der Waals surface area contributed by atoms with Crippen LogP contribution in [0, 0.1) is 6.42 Å². The van der Waals surface area contributed by atoms with Crippen molar-refractivity contribution in [1.29, 1.82) is 0 Å². The number of carbonyl (C=O) groups excluding carboxylic acids is 4. The zero-order valence-corrected chi connectivity index (χ0v) is 14.5. The van der Waals surface area contributed by atoms with Gasteiger partial charge in [0.15, 0.2) is 0 Å². The normalized spacial score (nSPS) is 13.9. The van der Waals surface area contributed by atoms with Gasteiger partial charge in [-0.2, -0.15) is 0 Å². The zero-order valence-electron chi connectivity index (χ0n) is 11.7. The predicted molar refractivity (Wildman–Crippen MR) is 63.7 cm³/mol. The van der Waals surface area contributed by atoms with Gasteiger partial charge in [0.1, 0.15) is 13.1 Å². The summed E-state index contributed by atoms with van der Waals surface area (Å²) < 4.78 is 4.78. The average Bonchev–Trinajstić information content (AvgIpc) is 2.56. The molecule has 1 saturated heterocycles. The van der Waals surface area contributed by atoms with Crippen LogP contribution in [0.25, 0.3) is 0 Å². The van der Waals surface area contributed by atoms with Gasteiger partial charge in [0.2, 0.25) is 5.91 Å². The van der Waals surface area contributed by atoms with E-state index in [1.54, 1.807) is 14.1 Å². The van der Waals surface area contributed by atoms with Gasteiger partial charge in [-0.15, -0.1) is 0 Å². The van der Waals surface area contributed by atoms with Gasteiger partial charge in [-0.3, -0.25) is 20.9 Å². The number of ether oxygens (including phenoxy) is 1. The van der Waals surface area contributed by atoms with E-state index < -0.39 is 12.0 Å². The van der Waals surface area contributed by atoms with E-state index >= 15 is 0 Å². The van der Waals surface area contributed by atoms with Gasteiger partial charge in [-0.1, -0.05) is 0 Å². The molecule has 0 aliphatic carbocycles. The van der Waals surface area contributed by atoms with E-state index in [2.05, 4.69) is 0 Å². The van der Waals surface area contributed by atoms with E-state index in [4.69, 9.17) is 4.74 Å². The van der Waals surface area contributed by atoms with Crippen LogP contribution in [0.2, 0.25) is 0 Å². The van der Waals surface area contributed by atoms with Crippen LogP contribution in [0.5, 0.6) is 0 Å². The maximum Gasteiger partial charge on any atom is 0.327 e. The molecule has 0 bridgehead atoms. The molecule has 1 rings (SSSR count). The molecule has 0 aromatic rings. The van der Waals surface area contributed by atoms with E-state index in [1.165, 1.54) is 18.4 Å². The second-order valence-corrected chi connectivity index (χ2v) is 4.21. The summed E-state index contributed by atoms with van der Waals surface area (Å²) in [6, 6.07) is -0.532. The van der Waals surface area contributed by atoms with Crippen LogP contribution in [0.15, 0.2) is 0 Å². The monoisotopic (exact) mass is 359 g/mol. The van der Waals surface area contributed by atoms with Crippen LogP contribution >= 0.6 is 0 Å². The van der Waals surface area contributed by atoms with Crippen molar-refractivity contribution in [2.24, 2.45) is 0 Å². The summed E-state index contributed by atoms with van der Waals surface area (Å²) in [6.07, 6.45) is 1.21. The molecule has 20 heavy (non-hydrogen) atoms. The Morgan fingerprint density at radius 1 is 1.35 bits per heavy atom. The quantitative estimate of drug-likeness (QED) is 0.347. The summed E-state index contributed by atoms with van der Waals surface area (Å²) in [5, 5.41) is 0. The molecule has 8 nitrogen and oxygen atoms in total. The molecular weight excluding hydrogens is 343 g/mol. The Kier molecular flexibility index (Phi) is 7.74. The molecule has 4 amide bonds. The molecule has 0 spiro atoms. The molecule has 1 aliphatic heterocycles. The third-order valence-electron chi connectivity index (χ3n) is 2.52. The second kappa shape index (κ2) is 8.21. The van der Waals surface area contributed by atoms with E-state index in [9.17, 15) is 19.2 Å². The predicted octanol–water partition coefficient (Wildman–Crippen LogP) is -1.29. The number of imide groups is 1. The molecule has 0 atom stereocenters. The van der Waals surface area contributed by atoms with Gasteiger partial charge in [-0.25, -0.2) is 4.79 Å². The van der Waals surface area contributed by atoms with Gasteiger partial charge in [-0.05, 0) is 6.61 Å². The zero-order chi connectivity index (χ0) is 14.6. The second-order valence-electron chi connectivity index (χ2n) is 4.21. The van der Waals surface area contributed by atoms with Crippen molar-refractivity contribution < 1.29 is 56.6 Å². The van der Waals surface area contributed by atoms with Crippen molar-refractivity contribution in [2.45, 2.75) is 0 Å². The molecule has 0 saturated carbocycles. The first-order chi connectivity index (χ1) is 8.82. The van der Waals surface area contributed by atoms with Gasteiger partial charge >= 0.3 is 12.0 Å². The Balaban J connectivity index is 0.00000361. The third-order valence-corrected chi connectivity index (χ3v) is 2.52. The first-order valence-corrected chi connectivity index (χ1v) is 5.58. The topological polar surface area (TPSA) is 87.2 Å². The molecule has 0 aromatic carbocycles. The third kappa shape index (κ3) is 5.09. The van der Waals surface area contributed by atoms with Gasteiger partial charge in [0.05, 0.1) is 5.91 Å². The fourth-order valence-corrected chi connectivity index (χ4v) is 1.37. The molecule has 1 aliphatic rings. The fraction of sp³-hybridized carbons (Fsp3) is 0.545. The molecule has 109 valence electrons.